The Labute approximate surface area is 191 Å². The van der Waals surface area contributed by atoms with Gasteiger partial charge in [0.1, 0.15) is 0 Å². The van der Waals surface area contributed by atoms with Crippen molar-refractivity contribution in [1.29, 1.82) is 0 Å². The van der Waals surface area contributed by atoms with Crippen molar-refractivity contribution in [3.8, 4) is 0 Å². The van der Waals surface area contributed by atoms with Crippen molar-refractivity contribution in [2.45, 2.75) is 19.4 Å². The number of hydrogen-bond acceptors (Lipinski definition) is 8. The SMILES string of the molecule is Cc1nc(N2N=C(c3cccs3)CC2c2cccs2)sc1N=Nc1ccc(Cl)cc1. The van der Waals surface area contributed by atoms with Crippen LogP contribution in [0.25, 0.3) is 0 Å². The smallest absolute Gasteiger partial charge is 0.208 e. The van der Waals surface area contributed by atoms with Gasteiger partial charge in [-0.2, -0.15) is 5.10 Å². The molecule has 0 aliphatic carbocycles. The average Bonchev–Trinajstić information content (AvgIpc) is 3.53. The Bertz CT molecular complexity index is 1190. The molecule has 5 rings (SSSR count). The molecular formula is C21H16ClN5S3. The molecular weight excluding hydrogens is 454 g/mol. The van der Waals surface area contributed by atoms with Crippen LogP contribution in [-0.2, 0) is 0 Å². The molecule has 0 amide bonds. The summed E-state index contributed by atoms with van der Waals surface area (Å²) < 4.78 is 0. The number of aryl methyl sites for hydroxylation is 1. The Balaban J connectivity index is 1.46. The van der Waals surface area contributed by atoms with E-state index in [1.165, 1.54) is 21.1 Å². The number of azo groups is 1. The maximum atomic E-state index is 5.94. The Morgan fingerprint density at radius 3 is 2.57 bits per heavy atom. The van der Waals surface area contributed by atoms with Gasteiger partial charge in [0.15, 0.2) is 5.00 Å². The summed E-state index contributed by atoms with van der Waals surface area (Å²) in [6.45, 7) is 1.95. The molecule has 4 heterocycles. The van der Waals surface area contributed by atoms with Crippen molar-refractivity contribution in [1.82, 2.24) is 4.98 Å². The molecule has 5 nitrogen and oxygen atoms in total. The van der Waals surface area contributed by atoms with Gasteiger partial charge in [-0.05, 0) is 54.1 Å². The van der Waals surface area contributed by atoms with Crippen LogP contribution in [0.5, 0.6) is 0 Å². The highest BCUT2D eigenvalue weighted by atomic mass is 35.5. The summed E-state index contributed by atoms with van der Waals surface area (Å²) in [5.41, 5.74) is 2.70. The minimum absolute atomic E-state index is 0.147. The van der Waals surface area contributed by atoms with Gasteiger partial charge in [0, 0.05) is 16.3 Å². The van der Waals surface area contributed by atoms with Crippen molar-refractivity contribution < 1.29 is 0 Å². The lowest BCUT2D eigenvalue weighted by Gasteiger charge is -2.19. The predicted molar refractivity (Wildman–Crippen MR) is 127 cm³/mol. The van der Waals surface area contributed by atoms with Crippen LogP contribution in [0.2, 0.25) is 5.02 Å². The molecule has 150 valence electrons. The fourth-order valence-corrected chi connectivity index (χ4v) is 5.71. The Morgan fingerprint density at radius 2 is 1.83 bits per heavy atom. The first-order valence-electron chi connectivity index (χ1n) is 9.26. The number of benzene rings is 1. The van der Waals surface area contributed by atoms with Crippen LogP contribution < -0.4 is 5.01 Å². The van der Waals surface area contributed by atoms with E-state index < -0.39 is 0 Å². The van der Waals surface area contributed by atoms with E-state index in [0.29, 0.717) is 5.02 Å². The van der Waals surface area contributed by atoms with E-state index in [9.17, 15) is 0 Å². The van der Waals surface area contributed by atoms with E-state index >= 15 is 0 Å². The van der Waals surface area contributed by atoms with Gasteiger partial charge in [-0.25, -0.2) is 9.99 Å². The summed E-state index contributed by atoms with van der Waals surface area (Å²) in [6, 6.07) is 15.9. The lowest BCUT2D eigenvalue weighted by atomic mass is 10.1. The highest BCUT2D eigenvalue weighted by molar-refractivity contribution is 7.19. The van der Waals surface area contributed by atoms with E-state index in [2.05, 4.69) is 45.3 Å². The standard InChI is InChI=1S/C21H16ClN5S3/c1-13-20(25-24-15-8-6-14(22)7-9-15)30-21(23-13)27-17(19-5-3-11-29-19)12-16(26-27)18-4-2-10-28-18/h2-11,17H,12H2,1H3. The third kappa shape index (κ3) is 3.96. The summed E-state index contributed by atoms with van der Waals surface area (Å²) in [6.07, 6.45) is 0.862. The number of halogens is 1. The van der Waals surface area contributed by atoms with Gasteiger partial charge < -0.3 is 0 Å². The van der Waals surface area contributed by atoms with E-state index in [1.54, 1.807) is 34.8 Å². The molecule has 4 aromatic rings. The second-order valence-electron chi connectivity index (χ2n) is 6.67. The number of hydrogen-bond donors (Lipinski definition) is 0. The van der Waals surface area contributed by atoms with Crippen LogP contribution >= 0.6 is 45.6 Å². The quantitative estimate of drug-likeness (QED) is 0.278. The molecule has 0 bridgehead atoms. The van der Waals surface area contributed by atoms with Gasteiger partial charge in [0.25, 0.3) is 0 Å². The lowest BCUT2D eigenvalue weighted by molar-refractivity contribution is 0.718. The Morgan fingerprint density at radius 1 is 1.03 bits per heavy atom. The summed E-state index contributed by atoms with van der Waals surface area (Å²) in [4.78, 5) is 7.25. The van der Waals surface area contributed by atoms with Gasteiger partial charge in [0.2, 0.25) is 5.13 Å². The molecule has 0 saturated carbocycles. The lowest BCUT2D eigenvalue weighted by Crippen LogP contribution is -2.17. The molecule has 3 aromatic heterocycles. The minimum atomic E-state index is 0.147. The number of aromatic nitrogens is 1. The van der Waals surface area contributed by atoms with Crippen molar-refractivity contribution in [2.24, 2.45) is 15.3 Å². The first-order valence-corrected chi connectivity index (χ1v) is 12.2. The van der Waals surface area contributed by atoms with Crippen LogP contribution in [0.4, 0.5) is 15.8 Å². The molecule has 1 aliphatic heterocycles. The number of nitrogens with zero attached hydrogens (tertiary/aromatic N) is 5. The number of anilines is 1. The second kappa shape index (κ2) is 8.39. The number of rotatable bonds is 5. The van der Waals surface area contributed by atoms with Crippen LogP contribution in [0.1, 0.15) is 27.9 Å². The molecule has 9 heteroatoms. The van der Waals surface area contributed by atoms with E-state index in [1.807, 2.05) is 24.1 Å². The van der Waals surface area contributed by atoms with Gasteiger partial charge >= 0.3 is 0 Å². The first-order chi connectivity index (χ1) is 14.7. The van der Waals surface area contributed by atoms with E-state index in [-0.39, 0.29) is 6.04 Å². The summed E-state index contributed by atoms with van der Waals surface area (Å²) in [7, 11) is 0. The monoisotopic (exact) mass is 469 g/mol. The third-order valence-corrected chi connectivity index (χ3v) is 7.80. The largest absolute Gasteiger partial charge is 0.230 e. The maximum absolute atomic E-state index is 5.94. The zero-order chi connectivity index (χ0) is 20.5. The summed E-state index contributed by atoms with van der Waals surface area (Å²) in [5.74, 6) is 0. The molecule has 0 fully saturated rings. The maximum Gasteiger partial charge on any atom is 0.208 e. The van der Waals surface area contributed by atoms with Gasteiger partial charge in [-0.1, -0.05) is 35.1 Å². The Hall–Kier alpha value is -2.39. The second-order valence-corrected chi connectivity index (χ2v) is 9.99. The normalized spacial score (nSPS) is 16.5. The van der Waals surface area contributed by atoms with Gasteiger partial charge in [-0.15, -0.1) is 32.9 Å². The Kier molecular flexibility index (Phi) is 5.47. The predicted octanol–water partition coefficient (Wildman–Crippen LogP) is 8.00. The van der Waals surface area contributed by atoms with Crippen molar-refractivity contribution in [2.75, 3.05) is 5.01 Å². The molecule has 30 heavy (non-hydrogen) atoms. The van der Waals surface area contributed by atoms with Crippen LogP contribution in [0.3, 0.4) is 0 Å². The van der Waals surface area contributed by atoms with E-state index in [4.69, 9.17) is 21.7 Å². The molecule has 0 spiro atoms. The molecule has 1 aromatic carbocycles. The average molecular weight is 470 g/mol. The molecule has 0 saturated heterocycles. The van der Waals surface area contributed by atoms with Gasteiger partial charge in [0.05, 0.1) is 28.0 Å². The van der Waals surface area contributed by atoms with Crippen molar-refractivity contribution in [3.63, 3.8) is 0 Å². The first kappa shape index (κ1) is 19.6. The summed E-state index contributed by atoms with van der Waals surface area (Å²) >= 11 is 10.9. The summed E-state index contributed by atoms with van der Waals surface area (Å²) in [5, 5.41) is 22.2. The highest BCUT2D eigenvalue weighted by Crippen LogP contribution is 2.43. The zero-order valence-electron chi connectivity index (χ0n) is 15.9. The minimum Gasteiger partial charge on any atom is -0.230 e. The molecule has 1 unspecified atom stereocenters. The van der Waals surface area contributed by atoms with E-state index in [0.717, 1.165) is 33.6 Å². The third-order valence-electron chi connectivity index (χ3n) is 4.63. The molecule has 1 atom stereocenters. The topological polar surface area (TPSA) is 53.2 Å². The number of thiazole rings is 1. The van der Waals surface area contributed by atoms with Crippen molar-refractivity contribution in [3.05, 3.63) is 79.8 Å². The molecule has 0 radical (unpaired) electrons. The fourth-order valence-electron chi connectivity index (χ4n) is 3.16. The van der Waals surface area contributed by atoms with Crippen LogP contribution in [0, 0.1) is 6.92 Å². The molecule has 1 aliphatic rings. The zero-order valence-corrected chi connectivity index (χ0v) is 19.1. The highest BCUT2D eigenvalue weighted by Gasteiger charge is 2.33. The molecule has 0 N–H and O–H groups in total. The van der Waals surface area contributed by atoms with Crippen LogP contribution in [0.15, 0.2) is 74.6 Å². The number of hydrazone groups is 1. The van der Waals surface area contributed by atoms with Crippen molar-refractivity contribution >= 4 is 67.1 Å². The van der Waals surface area contributed by atoms with Crippen LogP contribution in [-0.4, -0.2) is 10.7 Å². The van der Waals surface area contributed by atoms with Gasteiger partial charge in [-0.3, -0.25) is 0 Å². The number of thiophene rings is 2. The fraction of sp³-hybridized carbons (Fsp3) is 0.143.